The van der Waals surface area contributed by atoms with Gasteiger partial charge in [-0.05, 0) is 36.5 Å². The van der Waals surface area contributed by atoms with Crippen molar-refractivity contribution in [3.05, 3.63) is 34.3 Å². The van der Waals surface area contributed by atoms with E-state index in [2.05, 4.69) is 47.1 Å². The molecular weight excluding hydrogens is 287 g/mol. The Bertz CT molecular complexity index is 286. The summed E-state index contributed by atoms with van der Waals surface area (Å²) in [6.45, 7) is 3.75. The minimum Gasteiger partial charge on any atom is -0.381 e. The van der Waals surface area contributed by atoms with Gasteiger partial charge in [0.05, 0.1) is 0 Å². The van der Waals surface area contributed by atoms with Gasteiger partial charge in [0.1, 0.15) is 0 Å². The van der Waals surface area contributed by atoms with Gasteiger partial charge in [-0.15, -0.1) is 11.6 Å². The van der Waals surface area contributed by atoms with Crippen molar-refractivity contribution in [2.75, 3.05) is 19.1 Å². The largest absolute Gasteiger partial charge is 0.381 e. The predicted molar refractivity (Wildman–Crippen MR) is 73.3 cm³/mol. The Morgan fingerprint density at radius 2 is 1.94 bits per heavy atom. The fourth-order valence-electron chi connectivity index (χ4n) is 1.54. The highest BCUT2D eigenvalue weighted by atomic mass is 79.9. The third kappa shape index (κ3) is 4.86. The first-order valence-electron chi connectivity index (χ1n) is 5.67. The number of ether oxygens (including phenoxy) is 1. The maximum absolute atomic E-state index is 5.99. The highest BCUT2D eigenvalue weighted by Crippen LogP contribution is 2.23. The Balaban J connectivity index is 2.44. The second-order valence-corrected chi connectivity index (χ2v) is 5.03. The average molecular weight is 306 g/mol. The van der Waals surface area contributed by atoms with Gasteiger partial charge >= 0.3 is 0 Å². The molecule has 0 bridgehead atoms. The topological polar surface area (TPSA) is 9.23 Å². The van der Waals surface area contributed by atoms with Gasteiger partial charge in [0.25, 0.3) is 0 Å². The highest BCUT2D eigenvalue weighted by Gasteiger charge is 2.09. The van der Waals surface area contributed by atoms with Crippen LogP contribution in [0.5, 0.6) is 0 Å². The van der Waals surface area contributed by atoms with Gasteiger partial charge < -0.3 is 4.74 Å². The fraction of sp³-hybridized carbons (Fsp3) is 0.538. The van der Waals surface area contributed by atoms with Crippen LogP contribution in [0.4, 0.5) is 0 Å². The lowest BCUT2D eigenvalue weighted by Gasteiger charge is -2.14. The van der Waals surface area contributed by atoms with Crippen LogP contribution in [0.2, 0.25) is 0 Å². The van der Waals surface area contributed by atoms with E-state index < -0.39 is 0 Å². The molecule has 0 heterocycles. The quantitative estimate of drug-likeness (QED) is 0.529. The van der Waals surface area contributed by atoms with Crippen molar-refractivity contribution < 1.29 is 4.74 Å². The Hall–Kier alpha value is -0.0500. The predicted octanol–water partition coefficient (Wildman–Crippen LogP) is 4.59. The summed E-state index contributed by atoms with van der Waals surface area (Å²) in [4.78, 5) is 0. The fourth-order valence-corrected chi connectivity index (χ4v) is 2.14. The van der Waals surface area contributed by atoms with Crippen LogP contribution in [0.25, 0.3) is 0 Å². The van der Waals surface area contributed by atoms with Gasteiger partial charge in [0.15, 0.2) is 0 Å². The lowest BCUT2D eigenvalue weighted by molar-refractivity contribution is 0.129. The molecule has 1 rings (SSSR count). The van der Waals surface area contributed by atoms with E-state index in [0.717, 1.165) is 30.5 Å². The summed E-state index contributed by atoms with van der Waals surface area (Å²) in [5.41, 5.74) is 1.29. The van der Waals surface area contributed by atoms with E-state index in [1.54, 1.807) is 0 Å². The van der Waals surface area contributed by atoms with Crippen LogP contribution in [-0.2, 0) is 4.74 Å². The summed E-state index contributed by atoms with van der Waals surface area (Å²) in [5, 5.41) is 0. The van der Waals surface area contributed by atoms with Gasteiger partial charge in [-0.25, -0.2) is 0 Å². The molecule has 1 nitrogen and oxygen atoms in total. The molecule has 1 aromatic carbocycles. The number of hydrogen-bond acceptors (Lipinski definition) is 1. The summed E-state index contributed by atoms with van der Waals surface area (Å²) in [7, 11) is 0. The number of benzene rings is 1. The molecule has 0 fully saturated rings. The molecule has 0 aliphatic heterocycles. The molecule has 0 saturated carbocycles. The molecule has 0 amide bonds. The van der Waals surface area contributed by atoms with Crippen molar-refractivity contribution in [2.24, 2.45) is 0 Å². The van der Waals surface area contributed by atoms with E-state index in [4.69, 9.17) is 16.3 Å². The normalized spacial score (nSPS) is 12.7. The lowest BCUT2D eigenvalue weighted by Crippen LogP contribution is -2.06. The zero-order chi connectivity index (χ0) is 11.8. The second-order valence-electron chi connectivity index (χ2n) is 3.80. The lowest BCUT2D eigenvalue weighted by atomic mass is 9.98. The molecule has 16 heavy (non-hydrogen) atoms. The van der Waals surface area contributed by atoms with Crippen molar-refractivity contribution in [3.8, 4) is 0 Å². The first kappa shape index (κ1) is 14.0. The Labute approximate surface area is 111 Å². The number of alkyl halides is 1. The van der Waals surface area contributed by atoms with Gasteiger partial charge in [0, 0.05) is 23.6 Å². The monoisotopic (exact) mass is 304 g/mol. The maximum Gasteiger partial charge on any atom is 0.0472 e. The third-order valence-corrected chi connectivity index (χ3v) is 3.39. The molecule has 0 aliphatic rings. The third-order valence-electron chi connectivity index (χ3n) is 2.49. The van der Waals surface area contributed by atoms with Crippen molar-refractivity contribution in [1.82, 2.24) is 0 Å². The molecule has 3 heteroatoms. The number of rotatable bonds is 7. The first-order chi connectivity index (χ1) is 7.77. The molecule has 0 radical (unpaired) electrons. The van der Waals surface area contributed by atoms with Crippen LogP contribution < -0.4 is 0 Å². The highest BCUT2D eigenvalue weighted by molar-refractivity contribution is 9.10. The molecule has 90 valence electrons. The van der Waals surface area contributed by atoms with Gasteiger partial charge in [-0.1, -0.05) is 35.0 Å². The van der Waals surface area contributed by atoms with E-state index in [1.807, 2.05) is 0 Å². The zero-order valence-electron chi connectivity index (χ0n) is 9.59. The summed E-state index contributed by atoms with van der Waals surface area (Å²) < 4.78 is 6.60. The van der Waals surface area contributed by atoms with Crippen molar-refractivity contribution in [3.63, 3.8) is 0 Å². The number of hydrogen-bond donors (Lipinski definition) is 0. The minimum atomic E-state index is 0.395. The van der Waals surface area contributed by atoms with Crippen LogP contribution in [0.3, 0.4) is 0 Å². The maximum atomic E-state index is 5.99. The van der Waals surface area contributed by atoms with Crippen molar-refractivity contribution >= 4 is 27.5 Å². The minimum absolute atomic E-state index is 0.395. The molecule has 1 atom stereocenters. The van der Waals surface area contributed by atoms with Gasteiger partial charge in [-0.2, -0.15) is 0 Å². The molecule has 0 aliphatic carbocycles. The molecule has 1 aromatic rings. The average Bonchev–Trinajstić information content (AvgIpc) is 2.31. The molecule has 0 spiro atoms. The smallest absolute Gasteiger partial charge is 0.0472 e. The number of halogens is 2. The van der Waals surface area contributed by atoms with Crippen molar-refractivity contribution in [1.29, 1.82) is 0 Å². The molecule has 0 saturated heterocycles. The first-order valence-corrected chi connectivity index (χ1v) is 6.99. The Kier molecular flexibility index (Phi) is 7.10. The van der Waals surface area contributed by atoms with Crippen LogP contribution in [0, 0.1) is 0 Å². The summed E-state index contributed by atoms with van der Waals surface area (Å²) in [6, 6.07) is 8.36. The Morgan fingerprint density at radius 3 is 2.50 bits per heavy atom. The molecule has 1 unspecified atom stereocenters. The van der Waals surface area contributed by atoms with Gasteiger partial charge in [0.2, 0.25) is 0 Å². The van der Waals surface area contributed by atoms with E-state index in [0.29, 0.717) is 11.8 Å². The zero-order valence-corrected chi connectivity index (χ0v) is 11.9. The van der Waals surface area contributed by atoms with Crippen LogP contribution in [0.1, 0.15) is 31.2 Å². The molecular formula is C13H18BrClO. The summed E-state index contributed by atoms with van der Waals surface area (Å²) in [6.07, 6.45) is 2.06. The van der Waals surface area contributed by atoms with E-state index in [9.17, 15) is 0 Å². The summed E-state index contributed by atoms with van der Waals surface area (Å²) in [5.74, 6) is 1.04. The van der Waals surface area contributed by atoms with E-state index >= 15 is 0 Å². The standard InChI is InChI=1S/C13H18BrClO/c1-2-8-16-9-7-12(10-15)11-3-5-13(14)6-4-11/h3-6,12H,2,7-10H2,1H3. The van der Waals surface area contributed by atoms with Crippen LogP contribution in [0.15, 0.2) is 28.7 Å². The van der Waals surface area contributed by atoms with Crippen LogP contribution >= 0.6 is 27.5 Å². The SMILES string of the molecule is CCCOCCC(CCl)c1ccc(Br)cc1. The van der Waals surface area contributed by atoms with Gasteiger partial charge in [-0.3, -0.25) is 0 Å². The van der Waals surface area contributed by atoms with Crippen LogP contribution in [-0.4, -0.2) is 19.1 Å². The molecule has 0 N–H and O–H groups in total. The molecule has 0 aromatic heterocycles. The van der Waals surface area contributed by atoms with Crippen molar-refractivity contribution in [2.45, 2.75) is 25.7 Å². The Morgan fingerprint density at radius 1 is 1.25 bits per heavy atom. The summed E-state index contributed by atoms with van der Waals surface area (Å²) >= 11 is 9.42. The second kappa shape index (κ2) is 8.10. The van der Waals surface area contributed by atoms with E-state index in [-0.39, 0.29) is 0 Å². The van der Waals surface area contributed by atoms with E-state index in [1.165, 1.54) is 5.56 Å².